The maximum absolute atomic E-state index is 4.22. The fourth-order valence-corrected chi connectivity index (χ4v) is 1.65. The zero-order valence-electron chi connectivity index (χ0n) is 7.85. The largest absolute Gasteiger partial charge is 0.257 e. The van der Waals surface area contributed by atoms with Gasteiger partial charge in [-0.3, -0.25) is 5.53 Å². The second-order valence-corrected chi connectivity index (χ2v) is 3.33. The number of nitrogens with zero attached hydrogens (tertiary/aromatic N) is 4. The van der Waals surface area contributed by atoms with E-state index in [0.29, 0.717) is 0 Å². The van der Waals surface area contributed by atoms with Gasteiger partial charge in [-0.05, 0) is 6.26 Å². The molecule has 0 aromatic carbocycles. The van der Waals surface area contributed by atoms with Gasteiger partial charge in [0.25, 0.3) is 0 Å². The van der Waals surface area contributed by atoms with Crippen molar-refractivity contribution >= 4 is 22.9 Å². The number of thioether (sulfide) groups is 1. The summed E-state index contributed by atoms with van der Waals surface area (Å²) in [5, 5.41) is 0.881. The van der Waals surface area contributed by atoms with Crippen LogP contribution in [-0.2, 0) is 0 Å². The van der Waals surface area contributed by atoms with Gasteiger partial charge >= 0.3 is 0 Å². The SMILES string of the molecule is CNNn1cnc2c(SC)ncnc21. The molecule has 0 atom stereocenters. The second-order valence-electron chi connectivity index (χ2n) is 2.53. The Morgan fingerprint density at radius 3 is 2.93 bits per heavy atom. The summed E-state index contributed by atoms with van der Waals surface area (Å²) in [5.74, 6) is 0. The molecule has 14 heavy (non-hydrogen) atoms. The first kappa shape index (κ1) is 9.22. The molecule has 0 aliphatic rings. The average Bonchev–Trinajstić information content (AvgIpc) is 2.62. The van der Waals surface area contributed by atoms with E-state index in [1.54, 1.807) is 29.8 Å². The van der Waals surface area contributed by atoms with E-state index >= 15 is 0 Å². The van der Waals surface area contributed by atoms with Gasteiger partial charge < -0.3 is 0 Å². The highest BCUT2D eigenvalue weighted by molar-refractivity contribution is 7.98. The number of hydrogen-bond donors (Lipinski definition) is 2. The lowest BCUT2D eigenvalue weighted by molar-refractivity contribution is 0.769. The fraction of sp³-hybridized carbons (Fsp3) is 0.286. The smallest absolute Gasteiger partial charge is 0.184 e. The van der Waals surface area contributed by atoms with E-state index in [2.05, 4.69) is 25.9 Å². The lowest BCUT2D eigenvalue weighted by Gasteiger charge is -2.04. The van der Waals surface area contributed by atoms with Gasteiger partial charge in [-0.25, -0.2) is 25.1 Å². The lowest BCUT2D eigenvalue weighted by Crippen LogP contribution is -2.25. The summed E-state index contributed by atoms with van der Waals surface area (Å²) in [4.78, 5) is 12.5. The topological polar surface area (TPSA) is 67.7 Å². The molecular weight excluding hydrogens is 200 g/mol. The highest BCUT2D eigenvalue weighted by Crippen LogP contribution is 2.19. The molecule has 2 N–H and O–H groups in total. The maximum atomic E-state index is 4.22. The van der Waals surface area contributed by atoms with Gasteiger partial charge in [-0.15, -0.1) is 11.8 Å². The van der Waals surface area contributed by atoms with Crippen LogP contribution in [0.4, 0.5) is 0 Å². The summed E-state index contributed by atoms with van der Waals surface area (Å²) >= 11 is 1.55. The van der Waals surface area contributed by atoms with Crippen LogP contribution in [0.3, 0.4) is 0 Å². The van der Waals surface area contributed by atoms with Crippen LogP contribution < -0.4 is 11.0 Å². The molecule has 2 aromatic rings. The molecule has 2 rings (SSSR count). The van der Waals surface area contributed by atoms with E-state index in [0.717, 1.165) is 16.2 Å². The normalized spacial score (nSPS) is 10.7. The highest BCUT2D eigenvalue weighted by atomic mass is 32.2. The third-order valence-electron chi connectivity index (χ3n) is 1.73. The molecule has 0 unspecified atom stereocenters. The number of nitrogens with one attached hydrogen (secondary N) is 2. The highest BCUT2D eigenvalue weighted by Gasteiger charge is 2.07. The van der Waals surface area contributed by atoms with Crippen LogP contribution in [0.1, 0.15) is 0 Å². The Bertz CT molecular complexity index is 439. The molecule has 0 aliphatic heterocycles. The first-order chi connectivity index (χ1) is 6.86. The Labute approximate surface area is 85.1 Å². The molecule has 2 heterocycles. The van der Waals surface area contributed by atoms with Crippen molar-refractivity contribution in [3.05, 3.63) is 12.7 Å². The number of rotatable bonds is 3. The third-order valence-corrected chi connectivity index (χ3v) is 2.41. The fourth-order valence-electron chi connectivity index (χ4n) is 1.16. The minimum absolute atomic E-state index is 0.763. The second kappa shape index (κ2) is 3.81. The van der Waals surface area contributed by atoms with Crippen molar-refractivity contribution < 1.29 is 0 Å². The predicted molar refractivity (Wildman–Crippen MR) is 55.5 cm³/mol. The quantitative estimate of drug-likeness (QED) is 0.429. The molecule has 74 valence electrons. The molecule has 0 saturated carbocycles. The van der Waals surface area contributed by atoms with E-state index in [4.69, 9.17) is 0 Å². The molecule has 0 bridgehead atoms. The van der Waals surface area contributed by atoms with Gasteiger partial charge in [0.05, 0.1) is 0 Å². The Hall–Kier alpha value is -1.34. The number of hydrazine groups is 1. The number of hydrogen-bond acceptors (Lipinski definition) is 6. The zero-order valence-corrected chi connectivity index (χ0v) is 8.67. The van der Waals surface area contributed by atoms with Crippen LogP contribution in [0.15, 0.2) is 17.7 Å². The monoisotopic (exact) mass is 210 g/mol. The first-order valence-electron chi connectivity index (χ1n) is 4.01. The minimum atomic E-state index is 0.763. The van der Waals surface area contributed by atoms with Gasteiger partial charge in [-0.1, -0.05) is 0 Å². The van der Waals surface area contributed by atoms with Crippen molar-refractivity contribution in [3.8, 4) is 0 Å². The average molecular weight is 210 g/mol. The standard InChI is InChI=1S/C7H10N6S/c1-8-12-13-4-11-5-6(13)9-3-10-7(5)14-2/h3-4,8,12H,1-2H3. The van der Waals surface area contributed by atoms with Gasteiger partial charge in [0.1, 0.15) is 23.2 Å². The van der Waals surface area contributed by atoms with E-state index in [1.807, 2.05) is 6.26 Å². The molecule has 6 nitrogen and oxygen atoms in total. The van der Waals surface area contributed by atoms with Crippen LogP contribution in [0.25, 0.3) is 11.2 Å². The Balaban J connectivity index is 2.57. The van der Waals surface area contributed by atoms with Crippen molar-refractivity contribution in [2.75, 3.05) is 18.8 Å². The summed E-state index contributed by atoms with van der Waals surface area (Å²) in [6.07, 6.45) is 5.16. The summed E-state index contributed by atoms with van der Waals surface area (Å²) in [5.41, 5.74) is 7.26. The van der Waals surface area contributed by atoms with E-state index in [-0.39, 0.29) is 0 Å². The van der Waals surface area contributed by atoms with Gasteiger partial charge in [0.2, 0.25) is 0 Å². The molecule has 0 spiro atoms. The van der Waals surface area contributed by atoms with Crippen LogP contribution in [-0.4, -0.2) is 32.9 Å². The third kappa shape index (κ3) is 1.40. The summed E-state index contributed by atoms with van der Waals surface area (Å²) in [6, 6.07) is 0. The number of fused-ring (bicyclic) bond motifs is 1. The van der Waals surface area contributed by atoms with Crippen molar-refractivity contribution in [2.24, 2.45) is 0 Å². The van der Waals surface area contributed by atoms with Crippen LogP contribution in [0.2, 0.25) is 0 Å². The van der Waals surface area contributed by atoms with Crippen molar-refractivity contribution in [3.63, 3.8) is 0 Å². The molecular formula is C7H10N6S. The Morgan fingerprint density at radius 2 is 2.21 bits per heavy atom. The molecule has 0 aliphatic carbocycles. The summed E-state index contributed by atoms with van der Waals surface area (Å²) in [6.45, 7) is 0. The first-order valence-corrected chi connectivity index (χ1v) is 5.24. The minimum Gasteiger partial charge on any atom is -0.257 e. The van der Waals surface area contributed by atoms with Crippen LogP contribution in [0, 0.1) is 0 Å². The number of imidazole rings is 1. The molecule has 2 aromatic heterocycles. The van der Waals surface area contributed by atoms with Crippen molar-refractivity contribution in [1.29, 1.82) is 0 Å². The summed E-state index contributed by atoms with van der Waals surface area (Å²) in [7, 11) is 1.78. The molecule has 0 saturated heterocycles. The van der Waals surface area contributed by atoms with Crippen LogP contribution >= 0.6 is 11.8 Å². The molecule has 0 amide bonds. The van der Waals surface area contributed by atoms with Crippen molar-refractivity contribution in [1.82, 2.24) is 25.1 Å². The van der Waals surface area contributed by atoms with Crippen molar-refractivity contribution in [2.45, 2.75) is 5.03 Å². The van der Waals surface area contributed by atoms with Crippen LogP contribution in [0.5, 0.6) is 0 Å². The van der Waals surface area contributed by atoms with Gasteiger partial charge in [0, 0.05) is 7.05 Å². The van der Waals surface area contributed by atoms with E-state index < -0.39 is 0 Å². The predicted octanol–water partition coefficient (Wildman–Crippen LogP) is 0.226. The van der Waals surface area contributed by atoms with Gasteiger partial charge in [-0.2, -0.15) is 0 Å². The van der Waals surface area contributed by atoms with E-state index in [9.17, 15) is 0 Å². The molecule has 0 radical (unpaired) electrons. The Kier molecular flexibility index (Phi) is 2.51. The Morgan fingerprint density at radius 1 is 1.36 bits per heavy atom. The lowest BCUT2D eigenvalue weighted by atomic mass is 10.6. The maximum Gasteiger partial charge on any atom is 0.184 e. The number of aromatic nitrogens is 4. The summed E-state index contributed by atoms with van der Waals surface area (Å²) < 4.78 is 1.71. The van der Waals surface area contributed by atoms with Gasteiger partial charge in [0.15, 0.2) is 5.65 Å². The zero-order chi connectivity index (χ0) is 9.97. The molecule has 7 heteroatoms. The molecule has 0 fully saturated rings. The van der Waals surface area contributed by atoms with E-state index in [1.165, 1.54) is 6.33 Å².